The Balaban J connectivity index is 1.20. The van der Waals surface area contributed by atoms with Crippen molar-refractivity contribution in [2.75, 3.05) is 43.5 Å². The fourth-order valence-corrected chi connectivity index (χ4v) is 5.20. The van der Waals surface area contributed by atoms with Crippen molar-refractivity contribution >= 4 is 28.0 Å². The maximum Gasteiger partial charge on any atom is 0.178 e. The van der Waals surface area contributed by atoms with Gasteiger partial charge < -0.3 is 25.2 Å². The van der Waals surface area contributed by atoms with E-state index in [-0.39, 0.29) is 28.4 Å². The normalized spacial score (nSPS) is 19.8. The Morgan fingerprint density at radius 1 is 1.15 bits per heavy atom. The second-order valence-corrected chi connectivity index (χ2v) is 8.55. The van der Waals surface area contributed by atoms with Crippen LogP contribution in [-0.2, 0) is 0 Å². The molecule has 0 aliphatic carbocycles. The average molecular weight is 450 g/mol. The topological polar surface area (TPSA) is 111 Å². The van der Waals surface area contributed by atoms with Gasteiger partial charge in [0, 0.05) is 49.8 Å². The molecule has 9 nitrogen and oxygen atoms in total. The molecule has 0 spiro atoms. The number of piperazine rings is 1. The molecule has 1 aromatic heterocycles. The van der Waals surface area contributed by atoms with E-state index in [1.165, 1.54) is 6.20 Å². The number of rotatable bonds is 8. The van der Waals surface area contributed by atoms with Crippen LogP contribution in [0, 0.1) is 4.91 Å². The summed E-state index contributed by atoms with van der Waals surface area (Å²) in [5, 5.41) is 27.4. The Labute approximate surface area is 191 Å². The molecule has 2 saturated heterocycles. The molecule has 2 aromatic carbocycles. The van der Waals surface area contributed by atoms with Crippen LogP contribution in [-0.4, -0.2) is 65.5 Å². The minimum absolute atomic E-state index is 0.127. The number of benzene rings is 2. The van der Waals surface area contributed by atoms with E-state index in [9.17, 15) is 15.1 Å². The summed E-state index contributed by atoms with van der Waals surface area (Å²) in [4.78, 5) is 20.3. The van der Waals surface area contributed by atoms with Gasteiger partial charge in [0.05, 0.1) is 12.8 Å². The van der Waals surface area contributed by atoms with Gasteiger partial charge in [0.25, 0.3) is 0 Å². The van der Waals surface area contributed by atoms with Crippen LogP contribution in [0.2, 0.25) is 0 Å². The largest absolute Gasteiger partial charge is 0.505 e. The number of nitrogens with one attached hydrogen (secondary N) is 1. The molecule has 2 aliphatic heterocycles. The number of aromatic hydroxyl groups is 2. The zero-order valence-electron chi connectivity index (χ0n) is 18.4. The first-order chi connectivity index (χ1) is 16.1. The fraction of sp³-hybridized carbons (Fsp3) is 0.375. The number of para-hydroxylation sites is 2. The summed E-state index contributed by atoms with van der Waals surface area (Å²) in [6.45, 7) is 3.41. The summed E-state index contributed by atoms with van der Waals surface area (Å²) in [6.07, 6.45) is 3.44. The van der Waals surface area contributed by atoms with Crippen molar-refractivity contribution < 1.29 is 14.9 Å². The quantitative estimate of drug-likeness (QED) is 0.206. The number of phenolic OH excluding ortho intramolecular Hbond substituents is 2. The third-order valence-corrected chi connectivity index (χ3v) is 6.75. The van der Waals surface area contributed by atoms with Gasteiger partial charge in [0.15, 0.2) is 17.2 Å². The number of nitroso groups, excluding NO2 is 1. The standard InChI is InChI=1S/C24H27N5O4/c1-33-19-8-3-2-7-18(19)29-14-15-12-16(29)13-28(15)11-5-10-26-21-22(27-32)24(31)20-17(23(21)30)6-4-9-25-20/h2-4,6-9,15-16,26,30-31H,5,10-14H2,1H3. The van der Waals surface area contributed by atoms with E-state index in [0.29, 0.717) is 24.0 Å². The van der Waals surface area contributed by atoms with Crippen LogP contribution in [0.5, 0.6) is 17.2 Å². The molecule has 2 bridgehead atoms. The summed E-state index contributed by atoms with van der Waals surface area (Å²) >= 11 is 0. The van der Waals surface area contributed by atoms with Crippen molar-refractivity contribution in [1.29, 1.82) is 0 Å². The maximum absolute atomic E-state index is 11.4. The van der Waals surface area contributed by atoms with Gasteiger partial charge in [-0.05, 0) is 42.3 Å². The van der Waals surface area contributed by atoms with Crippen LogP contribution in [0.3, 0.4) is 0 Å². The number of methoxy groups -OCH3 is 1. The van der Waals surface area contributed by atoms with Gasteiger partial charge in [-0.3, -0.25) is 9.88 Å². The van der Waals surface area contributed by atoms with Crippen molar-refractivity contribution in [3.63, 3.8) is 0 Å². The van der Waals surface area contributed by atoms with Gasteiger partial charge in [-0.25, -0.2) is 0 Å². The maximum atomic E-state index is 11.4. The highest BCUT2D eigenvalue weighted by atomic mass is 16.5. The highest BCUT2D eigenvalue weighted by Gasteiger charge is 2.43. The molecule has 2 fully saturated rings. The predicted molar refractivity (Wildman–Crippen MR) is 128 cm³/mol. The Morgan fingerprint density at radius 2 is 2.00 bits per heavy atom. The lowest BCUT2D eigenvalue weighted by Crippen LogP contribution is -2.47. The minimum atomic E-state index is -0.325. The Morgan fingerprint density at radius 3 is 2.76 bits per heavy atom. The molecule has 3 heterocycles. The van der Waals surface area contributed by atoms with Crippen molar-refractivity contribution in [3.05, 3.63) is 47.5 Å². The number of anilines is 2. The van der Waals surface area contributed by atoms with Crippen molar-refractivity contribution in [2.45, 2.75) is 24.9 Å². The Hall–Kier alpha value is -3.59. The number of fused-ring (bicyclic) bond motifs is 3. The molecule has 0 saturated carbocycles. The van der Waals surface area contributed by atoms with E-state index in [1.54, 1.807) is 19.2 Å². The van der Waals surface area contributed by atoms with Gasteiger partial charge in [-0.1, -0.05) is 12.1 Å². The smallest absolute Gasteiger partial charge is 0.178 e. The van der Waals surface area contributed by atoms with Crippen molar-refractivity contribution in [2.24, 2.45) is 5.18 Å². The lowest BCUT2D eigenvalue weighted by Gasteiger charge is -2.36. The molecule has 2 atom stereocenters. The van der Waals surface area contributed by atoms with Gasteiger partial charge in [0.2, 0.25) is 0 Å². The van der Waals surface area contributed by atoms with Crippen LogP contribution in [0.4, 0.5) is 17.1 Å². The molecule has 9 heteroatoms. The first kappa shape index (κ1) is 21.3. The number of nitrogens with zero attached hydrogens (tertiary/aromatic N) is 4. The van der Waals surface area contributed by atoms with E-state index in [1.807, 2.05) is 18.2 Å². The van der Waals surface area contributed by atoms with E-state index >= 15 is 0 Å². The van der Waals surface area contributed by atoms with Gasteiger partial charge in [0.1, 0.15) is 17.0 Å². The van der Waals surface area contributed by atoms with E-state index in [4.69, 9.17) is 4.74 Å². The second-order valence-electron chi connectivity index (χ2n) is 8.55. The Bertz CT molecular complexity index is 1190. The van der Waals surface area contributed by atoms with Crippen LogP contribution in [0.15, 0.2) is 47.8 Å². The highest BCUT2D eigenvalue weighted by Crippen LogP contribution is 2.47. The Kier molecular flexibility index (Phi) is 5.63. The molecule has 33 heavy (non-hydrogen) atoms. The summed E-state index contributed by atoms with van der Waals surface area (Å²) < 4.78 is 5.54. The number of likely N-dealkylation sites (tertiary alicyclic amines) is 1. The third-order valence-electron chi connectivity index (χ3n) is 6.75. The summed E-state index contributed by atoms with van der Waals surface area (Å²) in [5.74, 6) is 0.460. The van der Waals surface area contributed by atoms with Gasteiger partial charge in [-0.2, -0.15) is 0 Å². The number of hydrogen-bond acceptors (Lipinski definition) is 9. The van der Waals surface area contributed by atoms with Crippen molar-refractivity contribution in [3.8, 4) is 17.2 Å². The van der Waals surface area contributed by atoms with Crippen LogP contribution in [0.25, 0.3) is 10.9 Å². The molecule has 2 aliphatic rings. The third kappa shape index (κ3) is 3.68. The molecule has 3 N–H and O–H groups in total. The van der Waals surface area contributed by atoms with Crippen molar-refractivity contribution in [1.82, 2.24) is 9.88 Å². The highest BCUT2D eigenvalue weighted by molar-refractivity contribution is 6.01. The molecule has 2 unspecified atom stereocenters. The van der Waals surface area contributed by atoms with E-state index < -0.39 is 0 Å². The van der Waals surface area contributed by atoms with Crippen LogP contribution >= 0.6 is 0 Å². The average Bonchev–Trinajstić information content (AvgIpc) is 3.45. The van der Waals surface area contributed by atoms with Gasteiger partial charge in [-0.15, -0.1) is 4.91 Å². The fourth-order valence-electron chi connectivity index (χ4n) is 5.20. The molecule has 0 amide bonds. The van der Waals surface area contributed by atoms with Gasteiger partial charge >= 0.3 is 0 Å². The number of hydrogen-bond donors (Lipinski definition) is 3. The molecule has 0 radical (unpaired) electrons. The minimum Gasteiger partial charge on any atom is -0.505 e. The second kappa shape index (κ2) is 8.74. The summed E-state index contributed by atoms with van der Waals surface area (Å²) in [7, 11) is 1.71. The lowest BCUT2D eigenvalue weighted by molar-refractivity contribution is 0.238. The molecule has 3 aromatic rings. The number of aromatic nitrogens is 1. The van der Waals surface area contributed by atoms with Crippen LogP contribution < -0.4 is 15.0 Å². The molecule has 5 rings (SSSR count). The number of ether oxygens (including phenoxy) is 1. The first-order valence-electron chi connectivity index (χ1n) is 11.2. The molecule has 172 valence electrons. The monoisotopic (exact) mass is 449 g/mol. The number of phenols is 2. The zero-order chi connectivity index (χ0) is 22.9. The zero-order valence-corrected chi connectivity index (χ0v) is 18.4. The summed E-state index contributed by atoms with van der Waals surface area (Å²) in [6, 6.07) is 12.4. The van der Waals surface area contributed by atoms with E-state index in [0.717, 1.165) is 43.9 Å². The number of pyridine rings is 1. The van der Waals surface area contributed by atoms with E-state index in [2.05, 4.69) is 31.3 Å². The van der Waals surface area contributed by atoms with Crippen LogP contribution in [0.1, 0.15) is 12.8 Å². The molecular weight excluding hydrogens is 422 g/mol. The molecular formula is C24H27N5O4. The first-order valence-corrected chi connectivity index (χ1v) is 11.2. The lowest BCUT2D eigenvalue weighted by atomic mass is 10.1. The summed E-state index contributed by atoms with van der Waals surface area (Å²) in [5.41, 5.74) is 1.24. The SMILES string of the molecule is COc1ccccc1N1CC2CC1CN2CCCNc1c(N=O)c(O)c2ncccc2c1O. The predicted octanol–water partition coefficient (Wildman–Crippen LogP) is 3.82.